The highest BCUT2D eigenvalue weighted by molar-refractivity contribution is 5.80. The Morgan fingerprint density at radius 1 is 1.08 bits per heavy atom. The molecule has 0 aliphatic carbocycles. The van der Waals surface area contributed by atoms with Crippen LogP contribution in [0, 0.1) is 0 Å². The van der Waals surface area contributed by atoms with Crippen LogP contribution in [-0.4, -0.2) is 26.2 Å². The van der Waals surface area contributed by atoms with Crippen molar-refractivity contribution in [2.24, 2.45) is 0 Å². The van der Waals surface area contributed by atoms with Gasteiger partial charge in [-0.05, 0) is 30.7 Å². The van der Waals surface area contributed by atoms with Crippen LogP contribution in [0.15, 0.2) is 48.5 Å². The summed E-state index contributed by atoms with van der Waals surface area (Å²) >= 11 is 0. The normalized spacial score (nSPS) is 11.6. The van der Waals surface area contributed by atoms with Crippen LogP contribution in [0.25, 0.3) is 0 Å². The van der Waals surface area contributed by atoms with Crippen LogP contribution in [0.2, 0.25) is 0 Å². The first-order valence-corrected chi connectivity index (χ1v) is 7.78. The molecule has 0 aromatic heterocycles. The standard InChI is InChI=1S/C19H23NO4/c1-14(24-13-15-7-6-9-17(11-15)22-2)19(21)20-12-16-8-4-5-10-18(16)23-3/h4-11,14H,12-13H2,1-3H3,(H,20,21)/t14-/m1/s1. The fourth-order valence-corrected chi connectivity index (χ4v) is 2.23. The number of hydrogen-bond acceptors (Lipinski definition) is 4. The van der Waals surface area contributed by atoms with Gasteiger partial charge >= 0.3 is 0 Å². The Labute approximate surface area is 142 Å². The van der Waals surface area contributed by atoms with Gasteiger partial charge in [0.15, 0.2) is 0 Å². The summed E-state index contributed by atoms with van der Waals surface area (Å²) < 4.78 is 16.1. The summed E-state index contributed by atoms with van der Waals surface area (Å²) in [5.41, 5.74) is 1.88. The van der Waals surface area contributed by atoms with Crippen LogP contribution in [0.5, 0.6) is 11.5 Å². The zero-order valence-electron chi connectivity index (χ0n) is 14.2. The first kappa shape index (κ1) is 17.8. The number of para-hydroxylation sites is 1. The molecule has 0 spiro atoms. The Bertz CT molecular complexity index is 672. The van der Waals surface area contributed by atoms with Gasteiger partial charge in [-0.2, -0.15) is 0 Å². The van der Waals surface area contributed by atoms with Gasteiger partial charge in [0.05, 0.1) is 20.8 Å². The minimum Gasteiger partial charge on any atom is -0.497 e. The molecule has 0 fully saturated rings. The van der Waals surface area contributed by atoms with Crippen molar-refractivity contribution in [3.8, 4) is 11.5 Å². The molecule has 1 amide bonds. The largest absolute Gasteiger partial charge is 0.497 e. The van der Waals surface area contributed by atoms with E-state index in [1.807, 2.05) is 48.5 Å². The maximum absolute atomic E-state index is 12.2. The third kappa shape index (κ3) is 4.99. The molecular weight excluding hydrogens is 306 g/mol. The fourth-order valence-electron chi connectivity index (χ4n) is 2.23. The molecule has 1 N–H and O–H groups in total. The molecule has 24 heavy (non-hydrogen) atoms. The number of carbonyl (C=O) groups is 1. The fraction of sp³-hybridized carbons (Fsp3) is 0.316. The van der Waals surface area contributed by atoms with Crippen molar-refractivity contribution >= 4 is 5.91 Å². The predicted molar refractivity (Wildman–Crippen MR) is 92.1 cm³/mol. The first-order valence-electron chi connectivity index (χ1n) is 7.78. The second-order valence-corrected chi connectivity index (χ2v) is 5.33. The highest BCUT2D eigenvalue weighted by Gasteiger charge is 2.14. The van der Waals surface area contributed by atoms with Gasteiger partial charge in [0.1, 0.15) is 17.6 Å². The summed E-state index contributed by atoms with van der Waals surface area (Å²) in [4.78, 5) is 12.2. The van der Waals surface area contributed by atoms with Crippen molar-refractivity contribution < 1.29 is 19.0 Å². The monoisotopic (exact) mass is 329 g/mol. The quantitative estimate of drug-likeness (QED) is 0.809. The van der Waals surface area contributed by atoms with Gasteiger partial charge in [0.2, 0.25) is 5.91 Å². The Hall–Kier alpha value is -2.53. The van der Waals surface area contributed by atoms with Gasteiger partial charge in [-0.15, -0.1) is 0 Å². The molecule has 0 bridgehead atoms. The van der Waals surface area contributed by atoms with Crippen LogP contribution in [0.3, 0.4) is 0 Å². The maximum Gasteiger partial charge on any atom is 0.249 e. The van der Waals surface area contributed by atoms with Crippen molar-refractivity contribution in [1.29, 1.82) is 0 Å². The lowest BCUT2D eigenvalue weighted by molar-refractivity contribution is -0.132. The summed E-state index contributed by atoms with van der Waals surface area (Å²) in [5.74, 6) is 1.36. The SMILES string of the molecule is COc1cccc(CO[C@H](C)C(=O)NCc2ccccc2OC)c1. The number of hydrogen-bond donors (Lipinski definition) is 1. The minimum absolute atomic E-state index is 0.163. The van der Waals surface area contributed by atoms with Crippen molar-refractivity contribution in [1.82, 2.24) is 5.32 Å². The molecule has 1 atom stereocenters. The van der Waals surface area contributed by atoms with E-state index in [9.17, 15) is 4.79 Å². The molecule has 5 heteroatoms. The van der Waals surface area contributed by atoms with Crippen molar-refractivity contribution in [2.75, 3.05) is 14.2 Å². The molecule has 2 rings (SSSR count). The molecule has 128 valence electrons. The van der Waals surface area contributed by atoms with Gasteiger partial charge in [-0.25, -0.2) is 0 Å². The lowest BCUT2D eigenvalue weighted by atomic mass is 10.2. The van der Waals surface area contributed by atoms with E-state index in [1.54, 1.807) is 21.1 Å². The molecular formula is C19H23NO4. The highest BCUT2D eigenvalue weighted by atomic mass is 16.5. The number of ether oxygens (including phenoxy) is 3. The average molecular weight is 329 g/mol. The maximum atomic E-state index is 12.2. The number of methoxy groups -OCH3 is 2. The van der Waals surface area contributed by atoms with E-state index in [2.05, 4.69) is 5.32 Å². The summed E-state index contributed by atoms with van der Waals surface area (Å²) in [6.45, 7) is 2.48. The molecule has 5 nitrogen and oxygen atoms in total. The molecule has 0 heterocycles. The lowest BCUT2D eigenvalue weighted by Crippen LogP contribution is -2.34. The smallest absolute Gasteiger partial charge is 0.249 e. The Kier molecular flexibility index (Phi) is 6.63. The topological polar surface area (TPSA) is 56.8 Å². The molecule has 0 unspecified atom stereocenters. The van der Waals surface area contributed by atoms with Crippen LogP contribution >= 0.6 is 0 Å². The number of nitrogens with one attached hydrogen (secondary N) is 1. The van der Waals surface area contributed by atoms with Crippen LogP contribution in [0.1, 0.15) is 18.1 Å². The summed E-state index contributed by atoms with van der Waals surface area (Å²) in [6.07, 6.45) is -0.550. The van der Waals surface area contributed by atoms with E-state index in [0.717, 1.165) is 22.6 Å². The molecule has 0 aliphatic heterocycles. The summed E-state index contributed by atoms with van der Waals surface area (Å²) in [5, 5.41) is 2.86. The van der Waals surface area contributed by atoms with Gasteiger partial charge in [-0.1, -0.05) is 30.3 Å². The number of amides is 1. The van der Waals surface area contributed by atoms with Gasteiger partial charge in [0, 0.05) is 12.1 Å². The minimum atomic E-state index is -0.550. The Balaban J connectivity index is 1.83. The molecule has 0 saturated heterocycles. The van der Waals surface area contributed by atoms with Gasteiger partial charge in [-0.3, -0.25) is 4.79 Å². The number of rotatable bonds is 8. The van der Waals surface area contributed by atoms with Gasteiger partial charge in [0.25, 0.3) is 0 Å². The Morgan fingerprint density at radius 3 is 2.62 bits per heavy atom. The van der Waals surface area contributed by atoms with Crippen molar-refractivity contribution in [3.63, 3.8) is 0 Å². The third-order valence-corrected chi connectivity index (χ3v) is 3.65. The highest BCUT2D eigenvalue weighted by Crippen LogP contribution is 2.17. The van der Waals surface area contributed by atoms with Crippen LogP contribution in [-0.2, 0) is 22.7 Å². The predicted octanol–water partition coefficient (Wildman–Crippen LogP) is 2.93. The molecule has 0 radical (unpaired) electrons. The Morgan fingerprint density at radius 2 is 1.88 bits per heavy atom. The second-order valence-electron chi connectivity index (χ2n) is 5.33. The second kappa shape index (κ2) is 8.93. The first-order chi connectivity index (χ1) is 11.6. The third-order valence-electron chi connectivity index (χ3n) is 3.65. The molecule has 0 aliphatic rings. The van der Waals surface area contributed by atoms with E-state index in [1.165, 1.54) is 0 Å². The van der Waals surface area contributed by atoms with E-state index in [0.29, 0.717) is 13.2 Å². The zero-order chi connectivity index (χ0) is 17.4. The van der Waals surface area contributed by atoms with Gasteiger partial charge < -0.3 is 19.5 Å². The van der Waals surface area contributed by atoms with Crippen LogP contribution in [0.4, 0.5) is 0 Å². The van der Waals surface area contributed by atoms with E-state index in [4.69, 9.17) is 14.2 Å². The number of carbonyl (C=O) groups excluding carboxylic acids is 1. The molecule has 2 aromatic rings. The number of benzene rings is 2. The van der Waals surface area contributed by atoms with E-state index >= 15 is 0 Å². The van der Waals surface area contributed by atoms with Crippen LogP contribution < -0.4 is 14.8 Å². The molecule has 2 aromatic carbocycles. The lowest BCUT2D eigenvalue weighted by Gasteiger charge is -2.15. The summed E-state index contributed by atoms with van der Waals surface area (Å²) in [6, 6.07) is 15.2. The van der Waals surface area contributed by atoms with E-state index < -0.39 is 6.10 Å². The van der Waals surface area contributed by atoms with Crippen molar-refractivity contribution in [3.05, 3.63) is 59.7 Å². The van der Waals surface area contributed by atoms with E-state index in [-0.39, 0.29) is 5.91 Å². The summed E-state index contributed by atoms with van der Waals surface area (Å²) in [7, 11) is 3.23. The average Bonchev–Trinajstić information content (AvgIpc) is 2.64. The van der Waals surface area contributed by atoms with Crippen molar-refractivity contribution in [2.45, 2.75) is 26.2 Å². The zero-order valence-corrected chi connectivity index (χ0v) is 14.2. The molecule has 0 saturated carbocycles.